The number of alkyl carbamates (subject to hydrolysis) is 1. The number of ether oxygens (including phenoxy) is 2. The van der Waals surface area contributed by atoms with Crippen LogP contribution in [0.15, 0.2) is 12.3 Å². The van der Waals surface area contributed by atoms with Crippen LogP contribution >= 0.6 is 0 Å². The second-order valence-corrected chi connectivity index (χ2v) is 12.5. The van der Waals surface area contributed by atoms with E-state index in [0.29, 0.717) is 42.4 Å². The van der Waals surface area contributed by atoms with Crippen LogP contribution in [-0.4, -0.2) is 59.5 Å². The number of amides is 3. The summed E-state index contributed by atoms with van der Waals surface area (Å²) in [7, 11) is 1.58. The van der Waals surface area contributed by atoms with Gasteiger partial charge in [0.1, 0.15) is 5.56 Å². The van der Waals surface area contributed by atoms with E-state index in [9.17, 15) is 14.4 Å². The zero-order valence-electron chi connectivity index (χ0n) is 23.5. The average molecular weight is 530 g/mol. The van der Waals surface area contributed by atoms with Crippen molar-refractivity contribution in [3.63, 3.8) is 0 Å². The van der Waals surface area contributed by atoms with Crippen LogP contribution in [0.1, 0.15) is 77.1 Å². The van der Waals surface area contributed by atoms with E-state index in [1.54, 1.807) is 24.1 Å². The van der Waals surface area contributed by atoms with Crippen LogP contribution in [0, 0.1) is 29.1 Å². The maximum Gasteiger partial charge on any atom is 0.406 e. The fourth-order valence-corrected chi connectivity index (χ4v) is 6.88. The molecule has 4 fully saturated rings. The van der Waals surface area contributed by atoms with Gasteiger partial charge in [-0.2, -0.15) is 5.10 Å². The molecule has 1 aromatic rings. The zero-order chi connectivity index (χ0) is 27.7. The van der Waals surface area contributed by atoms with Gasteiger partial charge in [-0.05, 0) is 75.7 Å². The molecule has 4 saturated carbocycles. The standard InChI is InChI=1S/C28H43N5O5/c1-17(2)15-37-25-22(14-30-33(25)8-7-27(4,5)32-18(3)34)24(35)31-23-20-9-19-10-21(23)13-28(11-19,12-20)16-38-26(36)29-6/h7-8,14,17,19-21,23H,9-13,15-16H2,1-6H3,(H,29,36)(H,31,35)(H,32,34). The van der Waals surface area contributed by atoms with Gasteiger partial charge in [-0.3, -0.25) is 9.59 Å². The van der Waals surface area contributed by atoms with Crippen molar-refractivity contribution in [3.8, 4) is 5.88 Å². The Morgan fingerprint density at radius 3 is 2.50 bits per heavy atom. The fraction of sp³-hybridized carbons (Fsp3) is 0.714. The fourth-order valence-electron chi connectivity index (χ4n) is 6.88. The first-order valence-corrected chi connectivity index (χ1v) is 13.7. The quantitative estimate of drug-likeness (QED) is 0.426. The summed E-state index contributed by atoms with van der Waals surface area (Å²) in [4.78, 5) is 36.8. The van der Waals surface area contributed by atoms with Crippen molar-refractivity contribution < 1.29 is 23.9 Å². The molecule has 1 aromatic heterocycles. The van der Waals surface area contributed by atoms with Crippen LogP contribution in [0.2, 0.25) is 0 Å². The first kappa shape index (κ1) is 28.0. The lowest BCUT2D eigenvalue weighted by molar-refractivity contribution is -0.120. The highest BCUT2D eigenvalue weighted by Gasteiger charge is 2.56. The van der Waals surface area contributed by atoms with Gasteiger partial charge >= 0.3 is 6.09 Å². The summed E-state index contributed by atoms with van der Waals surface area (Å²) in [5.41, 5.74) is -0.168. The van der Waals surface area contributed by atoms with E-state index < -0.39 is 5.54 Å². The third kappa shape index (κ3) is 6.32. The molecular formula is C28H43N5O5. The van der Waals surface area contributed by atoms with Crippen LogP contribution in [0.25, 0.3) is 6.20 Å². The predicted molar refractivity (Wildman–Crippen MR) is 143 cm³/mol. The van der Waals surface area contributed by atoms with Crippen LogP contribution < -0.4 is 20.7 Å². The molecule has 10 heteroatoms. The molecule has 0 radical (unpaired) electrons. The number of nitrogens with one attached hydrogen (secondary N) is 3. The average Bonchev–Trinajstić information content (AvgIpc) is 3.24. The number of aromatic nitrogens is 2. The van der Waals surface area contributed by atoms with Gasteiger partial charge in [-0.1, -0.05) is 13.8 Å². The van der Waals surface area contributed by atoms with Gasteiger partial charge in [0.05, 0.1) is 24.9 Å². The van der Waals surface area contributed by atoms with Crippen molar-refractivity contribution >= 4 is 24.1 Å². The van der Waals surface area contributed by atoms with Gasteiger partial charge in [0.15, 0.2) is 0 Å². The number of hydrogen-bond donors (Lipinski definition) is 3. The highest BCUT2D eigenvalue weighted by molar-refractivity contribution is 5.96. The van der Waals surface area contributed by atoms with Gasteiger partial charge in [0, 0.05) is 31.6 Å². The molecule has 3 N–H and O–H groups in total. The van der Waals surface area contributed by atoms with Crippen molar-refractivity contribution in [1.82, 2.24) is 25.7 Å². The summed E-state index contributed by atoms with van der Waals surface area (Å²) in [5.74, 6) is 1.71. The maximum atomic E-state index is 13.6. The Labute approximate surface area is 225 Å². The minimum absolute atomic E-state index is 0.0200. The first-order chi connectivity index (χ1) is 17.9. The lowest BCUT2D eigenvalue weighted by Crippen LogP contribution is -2.60. The predicted octanol–water partition coefficient (Wildman–Crippen LogP) is 3.58. The Morgan fingerprint density at radius 2 is 1.89 bits per heavy atom. The minimum atomic E-state index is -0.590. The summed E-state index contributed by atoms with van der Waals surface area (Å²) in [6.45, 7) is 10.2. The van der Waals surface area contributed by atoms with Crippen molar-refractivity contribution in [2.45, 2.75) is 78.3 Å². The molecule has 210 valence electrons. The number of hydrogen-bond acceptors (Lipinski definition) is 6. The summed E-state index contributed by atoms with van der Waals surface area (Å²) in [5, 5.41) is 13.2. The largest absolute Gasteiger partial charge is 0.477 e. The molecule has 0 spiro atoms. The Balaban J connectivity index is 1.49. The SMILES string of the molecule is CNC(=O)OCC12CC3CC(C1)C(NC(=O)c1cnn(C=CC(C)(C)NC(C)=O)c1OCC(C)C)C(C3)C2. The summed E-state index contributed by atoms with van der Waals surface area (Å²) < 4.78 is 13.1. The Bertz CT molecular complexity index is 1060. The van der Waals surface area contributed by atoms with Crippen LogP contribution in [0.3, 0.4) is 0 Å². The van der Waals surface area contributed by atoms with Gasteiger partial charge < -0.3 is 25.4 Å². The molecule has 38 heavy (non-hydrogen) atoms. The van der Waals surface area contributed by atoms with Gasteiger partial charge in [0.25, 0.3) is 5.91 Å². The highest BCUT2D eigenvalue weighted by Crippen LogP contribution is 2.60. The molecule has 0 aromatic carbocycles. The summed E-state index contributed by atoms with van der Waals surface area (Å²) >= 11 is 0. The smallest absolute Gasteiger partial charge is 0.406 e. The third-order valence-electron chi connectivity index (χ3n) is 8.09. The van der Waals surface area contributed by atoms with Crippen LogP contribution in [-0.2, 0) is 9.53 Å². The number of rotatable bonds is 10. The first-order valence-electron chi connectivity index (χ1n) is 13.7. The van der Waals surface area contributed by atoms with Gasteiger partial charge in [-0.15, -0.1) is 0 Å². The molecule has 0 aliphatic heterocycles. The van der Waals surface area contributed by atoms with E-state index in [1.807, 2.05) is 19.9 Å². The molecule has 2 unspecified atom stereocenters. The molecule has 10 nitrogen and oxygen atoms in total. The van der Waals surface area contributed by atoms with Gasteiger partial charge in [0.2, 0.25) is 11.8 Å². The van der Waals surface area contributed by atoms with E-state index in [0.717, 1.165) is 32.1 Å². The van der Waals surface area contributed by atoms with E-state index >= 15 is 0 Å². The minimum Gasteiger partial charge on any atom is -0.477 e. The second kappa shape index (κ2) is 11.0. The molecule has 0 saturated heterocycles. The molecule has 3 amide bonds. The third-order valence-corrected chi connectivity index (χ3v) is 8.09. The number of nitrogens with zero attached hydrogens (tertiary/aromatic N) is 2. The van der Waals surface area contributed by atoms with Crippen molar-refractivity contribution in [3.05, 3.63) is 17.8 Å². The van der Waals surface area contributed by atoms with Crippen LogP contribution in [0.4, 0.5) is 4.79 Å². The monoisotopic (exact) mass is 529 g/mol. The Hall–Kier alpha value is -3.04. The number of carbonyl (C=O) groups excluding carboxylic acids is 3. The zero-order valence-corrected chi connectivity index (χ0v) is 23.5. The van der Waals surface area contributed by atoms with E-state index in [2.05, 4.69) is 34.9 Å². The maximum absolute atomic E-state index is 13.6. The highest BCUT2D eigenvalue weighted by atomic mass is 16.5. The van der Waals surface area contributed by atoms with E-state index in [-0.39, 0.29) is 35.3 Å². The molecule has 5 rings (SSSR count). The van der Waals surface area contributed by atoms with Crippen molar-refractivity contribution in [2.75, 3.05) is 20.3 Å². The molecule has 4 aliphatic carbocycles. The van der Waals surface area contributed by atoms with E-state index in [1.165, 1.54) is 6.92 Å². The van der Waals surface area contributed by atoms with E-state index in [4.69, 9.17) is 9.47 Å². The summed E-state index contributed by atoms with van der Waals surface area (Å²) in [6.07, 6.45) is 9.92. The topological polar surface area (TPSA) is 124 Å². The molecule has 4 bridgehead atoms. The second-order valence-electron chi connectivity index (χ2n) is 12.5. The lowest BCUT2D eigenvalue weighted by atomic mass is 9.48. The van der Waals surface area contributed by atoms with Crippen molar-refractivity contribution in [1.29, 1.82) is 0 Å². The summed E-state index contributed by atoms with van der Waals surface area (Å²) in [6, 6.07) is 0.0858. The number of carbonyl (C=O) groups is 3. The lowest BCUT2D eigenvalue weighted by Gasteiger charge is -2.59. The molecule has 1 heterocycles. The van der Waals surface area contributed by atoms with Gasteiger partial charge in [-0.25, -0.2) is 9.48 Å². The normalized spacial score (nSPS) is 28.0. The van der Waals surface area contributed by atoms with Crippen molar-refractivity contribution in [2.24, 2.45) is 29.1 Å². The Morgan fingerprint density at radius 1 is 1.21 bits per heavy atom. The molecular weight excluding hydrogens is 486 g/mol. The molecule has 4 aliphatic rings. The Kier molecular flexibility index (Phi) is 8.09. The molecule has 2 atom stereocenters. The van der Waals surface area contributed by atoms with Crippen LogP contribution in [0.5, 0.6) is 5.88 Å².